The van der Waals surface area contributed by atoms with Crippen LogP contribution < -0.4 is 10.1 Å². The molecule has 12 nitrogen and oxygen atoms in total. The highest BCUT2D eigenvalue weighted by Gasteiger charge is 2.50. The second-order valence-electron chi connectivity index (χ2n) is 11.6. The Bertz CT molecular complexity index is 1410. The summed E-state index contributed by atoms with van der Waals surface area (Å²) in [5.74, 6) is -2.59. The minimum atomic E-state index is -2.04. The van der Waals surface area contributed by atoms with Crippen molar-refractivity contribution in [3.63, 3.8) is 0 Å². The van der Waals surface area contributed by atoms with E-state index in [-0.39, 0.29) is 46.9 Å². The molecule has 0 amide bonds. The monoisotopic (exact) mass is 601 g/mol. The number of phenols is 2. The first-order chi connectivity index (χ1) is 20.5. The first-order valence-electron chi connectivity index (χ1n) is 14.6. The molecule has 0 aromatic heterocycles. The second kappa shape index (κ2) is 12.1. The highest BCUT2D eigenvalue weighted by Crippen LogP contribution is 2.53. The lowest BCUT2D eigenvalue weighted by atomic mass is 9.71. The predicted molar refractivity (Wildman–Crippen MR) is 151 cm³/mol. The van der Waals surface area contributed by atoms with Crippen LogP contribution in [-0.4, -0.2) is 98.7 Å². The third kappa shape index (κ3) is 5.31. The van der Waals surface area contributed by atoms with Crippen LogP contribution in [0.25, 0.3) is 0 Å². The second-order valence-corrected chi connectivity index (χ2v) is 11.6. The van der Waals surface area contributed by atoms with Gasteiger partial charge in [0, 0.05) is 42.0 Å². The molecule has 12 heteroatoms. The Hall–Kier alpha value is -3.10. The highest BCUT2D eigenvalue weighted by molar-refractivity contribution is 6.31. The molecule has 0 saturated carbocycles. The lowest BCUT2D eigenvalue weighted by Gasteiger charge is -2.44. The van der Waals surface area contributed by atoms with Gasteiger partial charge < -0.3 is 50.2 Å². The smallest absolute Gasteiger partial charge is 0.202 e. The fourth-order valence-electron chi connectivity index (χ4n) is 6.47. The summed E-state index contributed by atoms with van der Waals surface area (Å²) in [6.45, 7) is 3.58. The molecule has 234 valence electrons. The number of fused-ring (bicyclic) bond motifs is 3. The fraction of sp³-hybridized carbons (Fsp3) is 0.548. The molecule has 2 aliphatic carbocycles. The van der Waals surface area contributed by atoms with Gasteiger partial charge in [0.1, 0.15) is 23.4 Å². The molecule has 2 aromatic rings. The third-order valence-electron chi connectivity index (χ3n) is 8.86. The van der Waals surface area contributed by atoms with Crippen molar-refractivity contribution < 1.29 is 54.4 Å². The van der Waals surface area contributed by atoms with E-state index in [0.29, 0.717) is 6.54 Å². The Kier molecular flexibility index (Phi) is 8.83. The molecule has 1 unspecified atom stereocenters. The summed E-state index contributed by atoms with van der Waals surface area (Å²) >= 11 is 0. The molecule has 1 heterocycles. The summed E-state index contributed by atoms with van der Waals surface area (Å²) < 4.78 is 17.5. The van der Waals surface area contributed by atoms with Crippen LogP contribution in [0.4, 0.5) is 0 Å². The predicted octanol–water partition coefficient (Wildman–Crippen LogP) is 1.22. The number of carbonyl (C=O) groups excluding carboxylic acids is 2. The Morgan fingerprint density at radius 2 is 1.86 bits per heavy atom. The summed E-state index contributed by atoms with van der Waals surface area (Å²) in [6.07, 6.45) is -4.10. The molecule has 0 spiro atoms. The molecule has 7 N–H and O–H groups in total. The van der Waals surface area contributed by atoms with E-state index in [1.807, 2.05) is 6.92 Å². The molecule has 0 radical (unpaired) electrons. The minimum absolute atomic E-state index is 0.0227. The number of aromatic hydroxyl groups is 2. The van der Waals surface area contributed by atoms with Gasteiger partial charge in [-0.15, -0.1) is 0 Å². The molecule has 1 aliphatic heterocycles. The zero-order chi connectivity index (χ0) is 31.2. The van der Waals surface area contributed by atoms with Gasteiger partial charge in [0.05, 0.1) is 54.3 Å². The number of aliphatic hydroxyl groups excluding tert-OH is 3. The Balaban J connectivity index is 1.60. The Labute approximate surface area is 248 Å². The summed E-state index contributed by atoms with van der Waals surface area (Å²) in [4.78, 5) is 27.4. The first kappa shape index (κ1) is 31.3. The van der Waals surface area contributed by atoms with E-state index in [1.54, 1.807) is 6.92 Å². The zero-order valence-corrected chi connectivity index (χ0v) is 24.4. The number of unbranched alkanes of at least 4 members (excludes halogenated alkanes) is 1. The quantitative estimate of drug-likeness (QED) is 0.137. The molecule has 5 rings (SSSR count). The largest absolute Gasteiger partial charge is 0.507 e. The number of nitrogens with one attached hydrogen (secondary N) is 1. The molecule has 0 bridgehead atoms. The van der Waals surface area contributed by atoms with Crippen molar-refractivity contribution in [3.05, 3.63) is 51.6 Å². The maximum Gasteiger partial charge on any atom is 0.202 e. The molecular formula is C31H39NO11. The minimum Gasteiger partial charge on any atom is -0.507 e. The summed E-state index contributed by atoms with van der Waals surface area (Å²) in [7, 11) is 1.34. The SMILES string of the molecule is CCCCN[C@H]1C[C@H](O[C@H]2C[C@](O)(C(O)CO)Cc3c(O)c4c(c(O)c32)C(=O)c2c(OC)cccc2C4=O)O[C@@H](C)[C@H]1O. The summed E-state index contributed by atoms with van der Waals surface area (Å²) in [6, 6.07) is 4.05. The maximum atomic E-state index is 13.8. The van der Waals surface area contributed by atoms with E-state index in [2.05, 4.69) is 5.32 Å². The first-order valence-corrected chi connectivity index (χ1v) is 14.6. The van der Waals surface area contributed by atoms with Crippen LogP contribution in [0.15, 0.2) is 18.2 Å². The van der Waals surface area contributed by atoms with Crippen molar-refractivity contribution in [1.29, 1.82) is 0 Å². The van der Waals surface area contributed by atoms with Gasteiger partial charge in [0.25, 0.3) is 0 Å². The number of ether oxygens (including phenoxy) is 3. The number of hydrogen-bond donors (Lipinski definition) is 7. The summed E-state index contributed by atoms with van der Waals surface area (Å²) in [5.41, 5.74) is -3.12. The number of aliphatic hydroxyl groups is 4. The zero-order valence-electron chi connectivity index (χ0n) is 24.4. The van der Waals surface area contributed by atoms with Gasteiger partial charge in [-0.1, -0.05) is 25.5 Å². The van der Waals surface area contributed by atoms with Crippen LogP contribution in [0.5, 0.6) is 17.2 Å². The number of ketones is 2. The van der Waals surface area contributed by atoms with Crippen LogP contribution >= 0.6 is 0 Å². The number of hydrogen-bond acceptors (Lipinski definition) is 12. The number of phenolic OH excluding ortho intramolecular Hbond substituents is 2. The van der Waals surface area contributed by atoms with E-state index in [0.717, 1.165) is 12.8 Å². The van der Waals surface area contributed by atoms with Crippen LogP contribution in [0.1, 0.15) is 88.6 Å². The molecule has 43 heavy (non-hydrogen) atoms. The lowest BCUT2D eigenvalue weighted by Crippen LogP contribution is -2.55. The molecule has 3 aliphatic rings. The number of rotatable bonds is 9. The van der Waals surface area contributed by atoms with E-state index in [9.17, 15) is 40.2 Å². The molecule has 1 saturated heterocycles. The van der Waals surface area contributed by atoms with Crippen LogP contribution in [0, 0.1) is 0 Å². The average Bonchev–Trinajstić information content (AvgIpc) is 2.98. The van der Waals surface area contributed by atoms with Crippen molar-refractivity contribution in [1.82, 2.24) is 5.32 Å². The average molecular weight is 602 g/mol. The van der Waals surface area contributed by atoms with Gasteiger partial charge in [-0.2, -0.15) is 0 Å². The Morgan fingerprint density at radius 3 is 2.53 bits per heavy atom. The van der Waals surface area contributed by atoms with Crippen molar-refractivity contribution in [3.8, 4) is 17.2 Å². The van der Waals surface area contributed by atoms with E-state index < -0.39 is 83.5 Å². The van der Waals surface area contributed by atoms with Crippen LogP contribution in [-0.2, 0) is 15.9 Å². The Morgan fingerprint density at radius 1 is 1.14 bits per heavy atom. The molecule has 2 aromatic carbocycles. The van der Waals surface area contributed by atoms with E-state index >= 15 is 0 Å². The van der Waals surface area contributed by atoms with Gasteiger partial charge in [-0.05, 0) is 26.0 Å². The maximum absolute atomic E-state index is 13.8. The van der Waals surface area contributed by atoms with Crippen molar-refractivity contribution in [2.24, 2.45) is 0 Å². The lowest BCUT2D eigenvalue weighted by molar-refractivity contribution is -0.253. The molecule has 7 atom stereocenters. The number of carbonyl (C=O) groups is 2. The molecule has 1 fully saturated rings. The van der Waals surface area contributed by atoms with E-state index in [1.165, 1.54) is 25.3 Å². The van der Waals surface area contributed by atoms with Gasteiger partial charge >= 0.3 is 0 Å². The van der Waals surface area contributed by atoms with Crippen molar-refractivity contribution in [2.75, 3.05) is 20.3 Å². The molecular weight excluding hydrogens is 562 g/mol. The van der Waals surface area contributed by atoms with Crippen molar-refractivity contribution >= 4 is 11.6 Å². The van der Waals surface area contributed by atoms with Gasteiger partial charge in [0.15, 0.2) is 12.1 Å². The van der Waals surface area contributed by atoms with Crippen LogP contribution in [0.3, 0.4) is 0 Å². The standard InChI is InChI=1S/C31H39NO11/c1-4-5-9-32-17-10-21(42-14(2)26(17)35)43-19-12-31(40,20(34)13-33)11-16-23(19)30(39)25-24(28(16)37)27(36)15-7-6-8-18(41-3)22(15)29(25)38/h6-8,14,17,19-21,26,32-35,37,39-40H,4-5,9-13H2,1-3H3/t14-,17-,19-,20?,21-,26+,31-/m0/s1. The third-order valence-corrected chi connectivity index (χ3v) is 8.86. The highest BCUT2D eigenvalue weighted by atomic mass is 16.7. The fourth-order valence-corrected chi connectivity index (χ4v) is 6.47. The van der Waals surface area contributed by atoms with Crippen LogP contribution in [0.2, 0.25) is 0 Å². The number of methoxy groups -OCH3 is 1. The van der Waals surface area contributed by atoms with Crippen molar-refractivity contribution in [2.45, 2.75) is 88.3 Å². The van der Waals surface area contributed by atoms with Gasteiger partial charge in [0.2, 0.25) is 5.78 Å². The van der Waals surface area contributed by atoms with Gasteiger partial charge in [-0.3, -0.25) is 9.59 Å². The van der Waals surface area contributed by atoms with E-state index in [4.69, 9.17) is 14.2 Å². The number of benzene rings is 2. The van der Waals surface area contributed by atoms with Gasteiger partial charge in [-0.25, -0.2) is 0 Å². The topological polar surface area (TPSA) is 195 Å². The normalized spacial score (nSPS) is 29.0. The summed E-state index contributed by atoms with van der Waals surface area (Å²) in [5, 5.41) is 69.0.